The minimum Gasteiger partial charge on any atom is -0.347 e. The van der Waals surface area contributed by atoms with Crippen molar-refractivity contribution in [3.8, 4) is 6.26 Å². The van der Waals surface area contributed by atoms with Crippen LogP contribution >= 0.6 is 22.7 Å². The molecule has 0 radical (unpaired) electrons. The lowest BCUT2D eigenvalue weighted by Crippen LogP contribution is -1.91. The van der Waals surface area contributed by atoms with Gasteiger partial charge in [0, 0.05) is 6.08 Å². The van der Waals surface area contributed by atoms with Gasteiger partial charge in [-0.3, -0.25) is 0 Å². The summed E-state index contributed by atoms with van der Waals surface area (Å²) in [6.45, 7) is 3.05. The Hall–Kier alpha value is -1.90. The van der Waals surface area contributed by atoms with Crippen molar-refractivity contribution in [1.82, 2.24) is 0 Å². The second-order valence-electron chi connectivity index (χ2n) is 2.30. The SMILES string of the molecule is C=CC(=O)OC#N.c1ccsc1.c1ccsc1. The van der Waals surface area contributed by atoms with Crippen LogP contribution in [0.1, 0.15) is 0 Å². The molecule has 88 valence electrons. The van der Waals surface area contributed by atoms with Gasteiger partial charge >= 0.3 is 5.97 Å². The summed E-state index contributed by atoms with van der Waals surface area (Å²) in [7, 11) is 0. The third-order valence-corrected chi connectivity index (χ3v) is 2.42. The lowest BCUT2D eigenvalue weighted by atomic mass is 10.7. The molecule has 3 nitrogen and oxygen atoms in total. The summed E-state index contributed by atoms with van der Waals surface area (Å²) in [6, 6.07) is 8.07. The normalized spacial score (nSPS) is 7.24. The van der Waals surface area contributed by atoms with E-state index in [1.165, 1.54) is 6.26 Å². The molecule has 2 rings (SSSR count). The standard InChI is InChI=1S/C4H3NO2.2C4H4S/c1-2-4(6)7-3-5;2*1-2-4-5-3-1/h2H,1H2;2*1-4H. The molecule has 0 aromatic carbocycles. The van der Waals surface area contributed by atoms with Gasteiger partial charge in [-0.25, -0.2) is 4.79 Å². The number of carbonyl (C=O) groups excluding carboxylic acids is 1. The van der Waals surface area contributed by atoms with Gasteiger partial charge in [-0.05, 0) is 21.5 Å². The van der Waals surface area contributed by atoms with E-state index in [4.69, 9.17) is 5.26 Å². The van der Waals surface area contributed by atoms with Gasteiger partial charge in [-0.1, -0.05) is 30.8 Å². The molecular formula is C12H11NO2S2. The quantitative estimate of drug-likeness (QED) is 0.449. The van der Waals surface area contributed by atoms with E-state index in [9.17, 15) is 4.79 Å². The fourth-order valence-electron chi connectivity index (χ4n) is 0.540. The number of nitrogens with zero attached hydrogens (tertiary/aromatic N) is 1. The molecule has 2 heterocycles. The topological polar surface area (TPSA) is 50.1 Å². The number of carbonyl (C=O) groups is 1. The predicted octanol–water partition coefficient (Wildman–Crippen LogP) is 3.69. The molecule has 17 heavy (non-hydrogen) atoms. The summed E-state index contributed by atoms with van der Waals surface area (Å²) >= 11 is 3.43. The Morgan fingerprint density at radius 3 is 1.65 bits per heavy atom. The molecule has 0 aliphatic carbocycles. The molecule has 0 aliphatic rings. The van der Waals surface area contributed by atoms with Crippen molar-refractivity contribution >= 4 is 28.6 Å². The Morgan fingerprint density at radius 1 is 1.12 bits per heavy atom. The van der Waals surface area contributed by atoms with Crippen LogP contribution in [0.4, 0.5) is 0 Å². The van der Waals surface area contributed by atoms with Gasteiger partial charge in [-0.2, -0.15) is 22.7 Å². The molecule has 0 saturated heterocycles. The molecule has 0 aliphatic heterocycles. The maximum Gasteiger partial charge on any atom is 0.345 e. The third kappa shape index (κ3) is 12.0. The van der Waals surface area contributed by atoms with E-state index in [1.54, 1.807) is 22.7 Å². The average Bonchev–Trinajstić information content (AvgIpc) is 3.07. The van der Waals surface area contributed by atoms with E-state index in [-0.39, 0.29) is 0 Å². The first-order valence-corrected chi connectivity index (χ1v) is 6.36. The Kier molecular flexibility index (Phi) is 10.8. The van der Waals surface area contributed by atoms with Gasteiger partial charge in [0.25, 0.3) is 6.26 Å². The molecule has 0 unspecified atom stereocenters. The molecule has 2 aromatic heterocycles. The highest BCUT2D eigenvalue weighted by Crippen LogP contribution is 1.92. The van der Waals surface area contributed by atoms with Crippen LogP contribution in [0.2, 0.25) is 0 Å². The number of thiophene rings is 2. The molecule has 0 fully saturated rings. The fourth-order valence-corrected chi connectivity index (χ4v) is 1.45. The second-order valence-corrected chi connectivity index (χ2v) is 3.94. The zero-order chi connectivity index (χ0) is 12.8. The largest absolute Gasteiger partial charge is 0.347 e. The zero-order valence-corrected chi connectivity index (χ0v) is 10.6. The molecule has 0 atom stereocenters. The highest BCUT2D eigenvalue weighted by atomic mass is 32.1. The summed E-state index contributed by atoms with van der Waals surface area (Å²) in [4.78, 5) is 9.85. The number of nitriles is 1. The number of hydrogen-bond donors (Lipinski definition) is 0. The molecule has 0 spiro atoms. The molecule has 5 heteroatoms. The van der Waals surface area contributed by atoms with Gasteiger partial charge < -0.3 is 4.74 Å². The summed E-state index contributed by atoms with van der Waals surface area (Å²) in [5, 5.41) is 15.8. The van der Waals surface area contributed by atoms with Crippen LogP contribution in [0.5, 0.6) is 0 Å². The minimum absolute atomic E-state index is 0.720. The van der Waals surface area contributed by atoms with Crippen LogP contribution in [-0.4, -0.2) is 5.97 Å². The summed E-state index contributed by atoms with van der Waals surface area (Å²) in [5.74, 6) is -0.720. The summed E-state index contributed by atoms with van der Waals surface area (Å²) in [5.41, 5.74) is 0. The Bertz CT molecular complexity index is 355. The van der Waals surface area contributed by atoms with E-state index in [0.717, 1.165) is 6.08 Å². The van der Waals surface area contributed by atoms with Gasteiger partial charge in [0.1, 0.15) is 0 Å². The lowest BCUT2D eigenvalue weighted by molar-refractivity contribution is -0.131. The Balaban J connectivity index is 0.000000229. The van der Waals surface area contributed by atoms with E-state index < -0.39 is 5.97 Å². The van der Waals surface area contributed by atoms with E-state index in [1.807, 2.05) is 45.8 Å². The van der Waals surface area contributed by atoms with Crippen molar-refractivity contribution in [1.29, 1.82) is 5.26 Å². The first-order valence-electron chi connectivity index (χ1n) is 4.48. The number of hydrogen-bond acceptors (Lipinski definition) is 5. The van der Waals surface area contributed by atoms with E-state index in [2.05, 4.69) is 11.3 Å². The van der Waals surface area contributed by atoms with Gasteiger partial charge in [-0.15, -0.1) is 5.26 Å². The van der Waals surface area contributed by atoms with Crippen LogP contribution in [0.3, 0.4) is 0 Å². The Morgan fingerprint density at radius 2 is 1.53 bits per heavy atom. The van der Waals surface area contributed by atoms with Gasteiger partial charge in [0.15, 0.2) is 0 Å². The van der Waals surface area contributed by atoms with Crippen molar-refractivity contribution in [2.24, 2.45) is 0 Å². The van der Waals surface area contributed by atoms with E-state index >= 15 is 0 Å². The maximum absolute atomic E-state index is 9.85. The van der Waals surface area contributed by atoms with Crippen LogP contribution < -0.4 is 0 Å². The smallest absolute Gasteiger partial charge is 0.345 e. The van der Waals surface area contributed by atoms with Crippen molar-refractivity contribution < 1.29 is 9.53 Å². The minimum atomic E-state index is -0.720. The first-order chi connectivity index (χ1) is 8.31. The first kappa shape index (κ1) is 15.1. The van der Waals surface area contributed by atoms with Crippen LogP contribution in [0, 0.1) is 11.5 Å². The monoisotopic (exact) mass is 265 g/mol. The highest BCUT2D eigenvalue weighted by molar-refractivity contribution is 7.08. The average molecular weight is 265 g/mol. The van der Waals surface area contributed by atoms with Crippen LogP contribution in [-0.2, 0) is 9.53 Å². The van der Waals surface area contributed by atoms with Crippen LogP contribution in [0.25, 0.3) is 0 Å². The lowest BCUT2D eigenvalue weighted by Gasteiger charge is -1.77. The fraction of sp³-hybridized carbons (Fsp3) is 0. The maximum atomic E-state index is 9.85. The van der Waals surface area contributed by atoms with Crippen LogP contribution in [0.15, 0.2) is 58.4 Å². The van der Waals surface area contributed by atoms with Crippen molar-refractivity contribution in [2.45, 2.75) is 0 Å². The molecule has 0 amide bonds. The van der Waals surface area contributed by atoms with Crippen molar-refractivity contribution in [3.63, 3.8) is 0 Å². The van der Waals surface area contributed by atoms with E-state index in [0.29, 0.717) is 0 Å². The molecule has 0 bridgehead atoms. The predicted molar refractivity (Wildman–Crippen MR) is 70.5 cm³/mol. The highest BCUT2D eigenvalue weighted by Gasteiger charge is 1.87. The number of esters is 1. The molecule has 0 N–H and O–H groups in total. The summed E-state index contributed by atoms with van der Waals surface area (Å²) < 4.78 is 3.74. The third-order valence-electron chi connectivity index (χ3n) is 1.16. The second kappa shape index (κ2) is 12.2. The van der Waals surface area contributed by atoms with Gasteiger partial charge in [0.2, 0.25) is 0 Å². The molecular weight excluding hydrogens is 254 g/mol. The van der Waals surface area contributed by atoms with Gasteiger partial charge in [0.05, 0.1) is 0 Å². The molecule has 0 saturated carbocycles. The number of rotatable bonds is 1. The molecule has 2 aromatic rings. The zero-order valence-electron chi connectivity index (χ0n) is 8.98. The Labute approximate surface area is 108 Å². The van der Waals surface area contributed by atoms with Crippen molar-refractivity contribution in [3.05, 3.63) is 58.4 Å². The number of ether oxygens (including phenoxy) is 1. The summed E-state index contributed by atoms with van der Waals surface area (Å²) in [6.07, 6.45) is 2.12. The van der Waals surface area contributed by atoms with Crippen molar-refractivity contribution in [2.75, 3.05) is 0 Å².